The average molecular weight is 483 g/mol. The average Bonchev–Trinajstić information content (AvgIpc) is 3.32. The Morgan fingerprint density at radius 1 is 0.971 bits per heavy atom. The standard InChI is InChI=1S/C27H22N4O3S/c1-2-33-23-16-19(13-14-22(23)34-17-18-9-5-3-6-10-18)15-21-24(28)31-27(29-25(21)32)35-26(30-31)20-11-7-4-8-12-20/h3-16,28H,2,17H2,1H3. The lowest BCUT2D eigenvalue weighted by Gasteiger charge is -2.20. The molecule has 7 nitrogen and oxygen atoms in total. The molecule has 35 heavy (non-hydrogen) atoms. The highest BCUT2D eigenvalue weighted by Crippen LogP contribution is 2.33. The van der Waals surface area contributed by atoms with Gasteiger partial charge in [-0.3, -0.25) is 10.2 Å². The third-order valence-corrected chi connectivity index (χ3v) is 6.25. The summed E-state index contributed by atoms with van der Waals surface area (Å²) < 4.78 is 11.8. The molecule has 1 amide bonds. The summed E-state index contributed by atoms with van der Waals surface area (Å²) in [7, 11) is 0. The van der Waals surface area contributed by atoms with Crippen molar-refractivity contribution in [2.75, 3.05) is 6.61 Å². The molecule has 1 N–H and O–H groups in total. The Kier molecular flexibility index (Phi) is 6.45. The number of rotatable bonds is 7. The van der Waals surface area contributed by atoms with Gasteiger partial charge in [-0.2, -0.15) is 15.1 Å². The van der Waals surface area contributed by atoms with Gasteiger partial charge in [0.15, 0.2) is 17.3 Å². The van der Waals surface area contributed by atoms with E-state index in [1.807, 2.05) is 79.7 Å². The van der Waals surface area contributed by atoms with Crippen LogP contribution in [-0.2, 0) is 11.4 Å². The van der Waals surface area contributed by atoms with Gasteiger partial charge in [0.25, 0.3) is 5.91 Å². The van der Waals surface area contributed by atoms with Crippen LogP contribution in [-0.4, -0.2) is 33.6 Å². The number of carbonyl (C=O) groups is 1. The molecule has 0 fully saturated rings. The van der Waals surface area contributed by atoms with Crippen molar-refractivity contribution in [2.45, 2.75) is 13.5 Å². The number of amidine groups is 2. The lowest BCUT2D eigenvalue weighted by molar-refractivity contribution is -0.114. The van der Waals surface area contributed by atoms with Gasteiger partial charge in [0.2, 0.25) is 5.17 Å². The van der Waals surface area contributed by atoms with E-state index in [0.717, 1.165) is 11.1 Å². The molecule has 174 valence electrons. The highest BCUT2D eigenvalue weighted by molar-refractivity contribution is 8.27. The van der Waals surface area contributed by atoms with Gasteiger partial charge in [-0.25, -0.2) is 0 Å². The first-order valence-corrected chi connectivity index (χ1v) is 11.9. The molecule has 0 spiro atoms. The molecule has 8 heteroatoms. The second-order valence-corrected chi connectivity index (χ2v) is 8.66. The van der Waals surface area contributed by atoms with Crippen LogP contribution in [0, 0.1) is 5.41 Å². The van der Waals surface area contributed by atoms with Crippen molar-refractivity contribution in [3.05, 3.63) is 101 Å². The predicted molar refractivity (Wildman–Crippen MR) is 139 cm³/mol. The van der Waals surface area contributed by atoms with Gasteiger partial charge < -0.3 is 9.47 Å². The number of benzene rings is 3. The first-order valence-electron chi connectivity index (χ1n) is 11.1. The van der Waals surface area contributed by atoms with Crippen LogP contribution in [0.1, 0.15) is 23.6 Å². The van der Waals surface area contributed by atoms with Gasteiger partial charge in [-0.15, -0.1) is 0 Å². The second-order valence-electron chi connectivity index (χ2n) is 7.70. The molecule has 0 saturated heterocycles. The van der Waals surface area contributed by atoms with Crippen molar-refractivity contribution >= 4 is 39.8 Å². The molecule has 0 unspecified atom stereocenters. The van der Waals surface area contributed by atoms with E-state index in [1.165, 1.54) is 16.8 Å². The molecule has 3 aromatic rings. The van der Waals surface area contributed by atoms with Gasteiger partial charge in [0.1, 0.15) is 11.7 Å². The number of hydrogen-bond donors (Lipinski definition) is 1. The van der Waals surface area contributed by atoms with E-state index in [4.69, 9.17) is 14.9 Å². The zero-order valence-electron chi connectivity index (χ0n) is 19.0. The minimum atomic E-state index is -0.472. The Labute approximate surface area is 207 Å². The molecule has 0 saturated carbocycles. The summed E-state index contributed by atoms with van der Waals surface area (Å²) in [5, 5.41) is 15.6. The third-order valence-electron chi connectivity index (χ3n) is 5.29. The SMILES string of the molecule is CCOc1cc(C=C2C(=N)N3N=C(c4ccccc4)SC3=NC2=O)ccc1OCc1ccccc1. The number of nitrogens with one attached hydrogen (secondary N) is 1. The number of nitrogens with zero attached hydrogens (tertiary/aromatic N) is 3. The van der Waals surface area contributed by atoms with Gasteiger partial charge in [0.05, 0.1) is 12.2 Å². The Morgan fingerprint density at radius 3 is 2.46 bits per heavy atom. The third kappa shape index (κ3) is 4.88. The zero-order chi connectivity index (χ0) is 24.2. The zero-order valence-corrected chi connectivity index (χ0v) is 19.8. The number of thioether (sulfide) groups is 1. The maximum Gasteiger partial charge on any atom is 0.283 e. The van der Waals surface area contributed by atoms with E-state index in [-0.39, 0.29) is 11.4 Å². The minimum absolute atomic E-state index is 0.0132. The first kappa shape index (κ1) is 22.6. The van der Waals surface area contributed by atoms with Crippen LogP contribution in [0.5, 0.6) is 11.5 Å². The van der Waals surface area contributed by atoms with Crippen LogP contribution >= 0.6 is 11.8 Å². The van der Waals surface area contributed by atoms with Gasteiger partial charge in [-0.05, 0) is 48.0 Å². The minimum Gasteiger partial charge on any atom is -0.490 e. The van der Waals surface area contributed by atoms with Crippen LogP contribution in [0.15, 0.2) is 94.5 Å². The van der Waals surface area contributed by atoms with Crippen LogP contribution in [0.2, 0.25) is 0 Å². The second kappa shape index (κ2) is 9.99. The maximum absolute atomic E-state index is 12.8. The fourth-order valence-electron chi connectivity index (χ4n) is 3.59. The molecule has 0 radical (unpaired) electrons. The van der Waals surface area contributed by atoms with Gasteiger partial charge in [0, 0.05) is 5.56 Å². The highest BCUT2D eigenvalue weighted by atomic mass is 32.2. The van der Waals surface area contributed by atoms with E-state index >= 15 is 0 Å². The smallest absolute Gasteiger partial charge is 0.283 e. The summed E-state index contributed by atoms with van der Waals surface area (Å²) in [6.45, 7) is 2.78. The van der Waals surface area contributed by atoms with Crippen molar-refractivity contribution in [3.8, 4) is 11.5 Å². The molecule has 2 heterocycles. The molecular formula is C27H22N4O3S. The molecule has 0 bridgehead atoms. The number of aliphatic imine (C=N–C) groups is 1. The Bertz CT molecular complexity index is 1370. The Morgan fingerprint density at radius 2 is 1.71 bits per heavy atom. The van der Waals surface area contributed by atoms with E-state index in [0.29, 0.717) is 40.5 Å². The molecule has 5 rings (SSSR count). The normalized spacial score (nSPS) is 16.1. The quantitative estimate of drug-likeness (QED) is 0.460. The summed E-state index contributed by atoms with van der Waals surface area (Å²) in [5.74, 6) is 0.690. The van der Waals surface area contributed by atoms with E-state index in [1.54, 1.807) is 12.1 Å². The number of ether oxygens (including phenoxy) is 2. The number of carbonyl (C=O) groups excluding carboxylic acids is 1. The monoisotopic (exact) mass is 482 g/mol. The predicted octanol–water partition coefficient (Wildman–Crippen LogP) is 5.33. The van der Waals surface area contributed by atoms with Crippen LogP contribution in [0.25, 0.3) is 6.08 Å². The number of amides is 1. The summed E-state index contributed by atoms with van der Waals surface area (Å²) in [4.78, 5) is 17.0. The lowest BCUT2D eigenvalue weighted by Crippen LogP contribution is -2.35. The molecule has 3 aromatic carbocycles. The summed E-state index contributed by atoms with van der Waals surface area (Å²) in [6, 6.07) is 25.0. The first-order chi connectivity index (χ1) is 17.1. The molecular weight excluding hydrogens is 460 g/mol. The van der Waals surface area contributed by atoms with Gasteiger partial charge >= 0.3 is 0 Å². The topological polar surface area (TPSA) is 87.3 Å². The van der Waals surface area contributed by atoms with Gasteiger partial charge in [-0.1, -0.05) is 66.7 Å². The fourth-order valence-corrected chi connectivity index (χ4v) is 4.49. The summed E-state index contributed by atoms with van der Waals surface area (Å²) >= 11 is 1.28. The largest absolute Gasteiger partial charge is 0.490 e. The van der Waals surface area contributed by atoms with Crippen LogP contribution < -0.4 is 9.47 Å². The van der Waals surface area contributed by atoms with E-state index < -0.39 is 5.91 Å². The Hall–Kier alpha value is -4.17. The van der Waals surface area contributed by atoms with E-state index in [9.17, 15) is 4.79 Å². The van der Waals surface area contributed by atoms with Crippen LogP contribution in [0.3, 0.4) is 0 Å². The molecule has 2 aliphatic rings. The van der Waals surface area contributed by atoms with Crippen molar-refractivity contribution in [1.82, 2.24) is 5.01 Å². The highest BCUT2D eigenvalue weighted by Gasteiger charge is 2.36. The van der Waals surface area contributed by atoms with E-state index in [2.05, 4.69) is 10.1 Å². The molecule has 0 aliphatic carbocycles. The van der Waals surface area contributed by atoms with Crippen LogP contribution in [0.4, 0.5) is 0 Å². The number of hydrogen-bond acceptors (Lipinski definition) is 6. The molecule has 0 aromatic heterocycles. The lowest BCUT2D eigenvalue weighted by atomic mass is 10.1. The Balaban J connectivity index is 1.39. The van der Waals surface area contributed by atoms with Crippen molar-refractivity contribution < 1.29 is 14.3 Å². The molecule has 0 atom stereocenters. The molecule has 2 aliphatic heterocycles. The summed E-state index contributed by atoms with van der Waals surface area (Å²) in [6.07, 6.45) is 1.63. The van der Waals surface area contributed by atoms with Crippen molar-refractivity contribution in [3.63, 3.8) is 0 Å². The maximum atomic E-state index is 12.8. The summed E-state index contributed by atoms with van der Waals surface area (Å²) in [5.41, 5.74) is 2.82. The van der Waals surface area contributed by atoms with Crippen molar-refractivity contribution in [1.29, 1.82) is 5.41 Å². The van der Waals surface area contributed by atoms with Crippen molar-refractivity contribution in [2.24, 2.45) is 10.1 Å². The number of fused-ring (bicyclic) bond motifs is 1. The fraction of sp³-hybridized carbons (Fsp3) is 0.111. The number of hydrazone groups is 1.